The number of hydrogen-bond acceptors (Lipinski definition) is 4. The lowest BCUT2D eigenvalue weighted by molar-refractivity contribution is -0.295. The first-order chi connectivity index (χ1) is 3.85. The van der Waals surface area contributed by atoms with Crippen molar-refractivity contribution in [3.63, 3.8) is 0 Å². The second-order valence-corrected chi connectivity index (χ2v) is 0.775. The first-order valence-electron chi connectivity index (χ1n) is 1.74. The molecule has 0 saturated carbocycles. The maximum atomic E-state index is 9.64. The molecule has 0 aliphatic rings. The molecule has 46 valence electrons. The average molecular weight is 119 g/mol. The Bertz CT molecular complexity index is 83.4. The van der Waals surface area contributed by atoms with Crippen LogP contribution in [0.1, 0.15) is 0 Å². The van der Waals surface area contributed by atoms with Crippen LogP contribution in [-0.2, 0) is 19.3 Å². The summed E-state index contributed by atoms with van der Waals surface area (Å²) in [6.07, 6.45) is 0.217. The van der Waals surface area contributed by atoms with Gasteiger partial charge in [0.2, 0.25) is 0 Å². The summed E-state index contributed by atoms with van der Waals surface area (Å²) in [6, 6.07) is 0. The molecule has 0 bridgehead atoms. The van der Waals surface area contributed by atoms with E-state index in [2.05, 4.69) is 9.68 Å². The van der Waals surface area contributed by atoms with Crippen molar-refractivity contribution in [2.45, 2.75) is 0 Å². The van der Waals surface area contributed by atoms with Crippen molar-refractivity contribution in [2.75, 3.05) is 7.11 Å². The van der Waals surface area contributed by atoms with Crippen LogP contribution in [0.2, 0.25) is 0 Å². The fourth-order valence-electron chi connectivity index (χ4n) is 0.153. The number of carbonyl (C=O) groups excluding carboxylic acids is 2. The molecule has 5 nitrogen and oxygen atoms in total. The van der Waals surface area contributed by atoms with E-state index in [0.29, 0.717) is 5.23 Å². The maximum absolute atomic E-state index is 9.64. The first-order valence-corrected chi connectivity index (χ1v) is 1.74. The predicted molar refractivity (Wildman–Crippen MR) is 22.1 cm³/mol. The summed E-state index contributed by atoms with van der Waals surface area (Å²) in [5.74, 6) is 0. The Morgan fingerprint density at radius 1 is 1.50 bits per heavy atom. The van der Waals surface area contributed by atoms with Gasteiger partial charge in [0.05, 0.1) is 7.11 Å². The van der Waals surface area contributed by atoms with Gasteiger partial charge in [-0.2, -0.15) is 0 Å². The Hall–Kier alpha value is -1.10. The quantitative estimate of drug-likeness (QED) is 0.355. The molecular weight excluding hydrogens is 114 g/mol. The summed E-state index contributed by atoms with van der Waals surface area (Å²) < 4.78 is 0. The van der Waals surface area contributed by atoms with E-state index in [-0.39, 0.29) is 12.9 Å². The summed E-state index contributed by atoms with van der Waals surface area (Å²) >= 11 is 0. The van der Waals surface area contributed by atoms with Gasteiger partial charge in [-0.05, 0) is 5.23 Å². The van der Waals surface area contributed by atoms with Gasteiger partial charge in [0.15, 0.2) is 0 Å². The van der Waals surface area contributed by atoms with Crippen LogP contribution < -0.4 is 0 Å². The van der Waals surface area contributed by atoms with Crippen LogP contribution in [-0.4, -0.2) is 25.2 Å². The van der Waals surface area contributed by atoms with Crippen LogP contribution in [0, 0.1) is 0 Å². The summed E-state index contributed by atoms with van der Waals surface area (Å²) in [4.78, 5) is 27.1. The molecule has 0 unspecified atom stereocenters. The minimum atomic E-state index is 0.0813. The average Bonchev–Trinajstić information content (AvgIpc) is 1.83. The molecule has 0 spiro atoms. The Morgan fingerprint density at radius 2 is 2.12 bits per heavy atom. The standard InChI is InChI=1S/C3H5NO4/c1-7-4(2-5)8-3-6/h2-3H,1H3. The van der Waals surface area contributed by atoms with E-state index in [1.54, 1.807) is 0 Å². The van der Waals surface area contributed by atoms with Crippen molar-refractivity contribution < 1.29 is 19.3 Å². The Labute approximate surface area is 45.7 Å². The Morgan fingerprint density at radius 3 is 2.25 bits per heavy atom. The van der Waals surface area contributed by atoms with Crippen molar-refractivity contribution >= 4 is 12.9 Å². The molecule has 0 heterocycles. The largest absolute Gasteiger partial charge is 0.324 e. The molecular formula is C3H5NO4. The molecule has 0 aromatic heterocycles. The van der Waals surface area contributed by atoms with Crippen LogP contribution >= 0.6 is 0 Å². The van der Waals surface area contributed by atoms with E-state index in [1.807, 2.05) is 0 Å². The molecule has 1 amide bonds. The van der Waals surface area contributed by atoms with Crippen molar-refractivity contribution in [2.24, 2.45) is 0 Å². The molecule has 5 heteroatoms. The van der Waals surface area contributed by atoms with Gasteiger partial charge in [-0.1, -0.05) is 0 Å². The lowest BCUT2D eigenvalue weighted by Crippen LogP contribution is -2.19. The molecule has 0 saturated heterocycles. The molecule has 0 aliphatic carbocycles. The minimum absolute atomic E-state index is 0.0813. The van der Waals surface area contributed by atoms with Crippen LogP contribution in [0.4, 0.5) is 0 Å². The molecule has 8 heavy (non-hydrogen) atoms. The number of hydroxylamine groups is 2. The van der Waals surface area contributed by atoms with Gasteiger partial charge >= 0.3 is 6.47 Å². The smallest absolute Gasteiger partial charge is 0.316 e. The van der Waals surface area contributed by atoms with Gasteiger partial charge < -0.3 is 4.84 Å². The van der Waals surface area contributed by atoms with Gasteiger partial charge in [0, 0.05) is 0 Å². The number of nitrogens with zero attached hydrogens (tertiary/aromatic N) is 1. The van der Waals surface area contributed by atoms with Gasteiger partial charge in [-0.25, -0.2) is 4.84 Å². The molecule has 0 fully saturated rings. The fourth-order valence-corrected chi connectivity index (χ4v) is 0.153. The molecule has 0 rings (SSSR count). The summed E-state index contributed by atoms with van der Waals surface area (Å²) in [5, 5.41) is 0.382. The zero-order valence-corrected chi connectivity index (χ0v) is 4.23. The third kappa shape index (κ3) is 2.14. The van der Waals surface area contributed by atoms with Gasteiger partial charge in [-0.3, -0.25) is 9.59 Å². The van der Waals surface area contributed by atoms with E-state index in [0.717, 1.165) is 0 Å². The first kappa shape index (κ1) is 6.90. The number of hydrogen-bond donors (Lipinski definition) is 0. The molecule has 0 aliphatic heterocycles. The zero-order valence-electron chi connectivity index (χ0n) is 4.23. The Kier molecular flexibility index (Phi) is 3.51. The molecule has 0 radical (unpaired) electrons. The van der Waals surface area contributed by atoms with Crippen molar-refractivity contribution in [3.8, 4) is 0 Å². The topological polar surface area (TPSA) is 55.8 Å². The summed E-state index contributed by atoms with van der Waals surface area (Å²) in [7, 11) is 1.19. The summed E-state index contributed by atoms with van der Waals surface area (Å²) in [5.41, 5.74) is 0. The van der Waals surface area contributed by atoms with E-state index < -0.39 is 0 Å². The lowest BCUT2D eigenvalue weighted by Gasteiger charge is -2.06. The molecule has 0 N–H and O–H groups in total. The molecule has 0 aromatic rings. The van der Waals surface area contributed by atoms with Crippen LogP contribution in [0.3, 0.4) is 0 Å². The third-order valence-electron chi connectivity index (χ3n) is 0.413. The molecule has 0 atom stereocenters. The number of rotatable bonds is 4. The SMILES string of the molecule is CON(C=O)OC=O. The number of amides is 1. The lowest BCUT2D eigenvalue weighted by atomic mass is 11.4. The van der Waals surface area contributed by atoms with E-state index in [1.165, 1.54) is 7.11 Å². The Balaban J connectivity index is 3.35. The maximum Gasteiger partial charge on any atom is 0.324 e. The van der Waals surface area contributed by atoms with Gasteiger partial charge in [0.25, 0.3) is 6.41 Å². The highest BCUT2D eigenvalue weighted by atomic mass is 17.0. The van der Waals surface area contributed by atoms with Crippen LogP contribution in [0.5, 0.6) is 0 Å². The van der Waals surface area contributed by atoms with Crippen LogP contribution in [0.15, 0.2) is 0 Å². The second-order valence-electron chi connectivity index (χ2n) is 0.775. The zero-order chi connectivity index (χ0) is 6.41. The predicted octanol–water partition coefficient (Wildman–Crippen LogP) is -0.906. The van der Waals surface area contributed by atoms with E-state index in [9.17, 15) is 9.59 Å². The van der Waals surface area contributed by atoms with Crippen molar-refractivity contribution in [1.29, 1.82) is 0 Å². The van der Waals surface area contributed by atoms with Crippen molar-refractivity contribution in [1.82, 2.24) is 5.23 Å². The van der Waals surface area contributed by atoms with E-state index >= 15 is 0 Å². The fraction of sp³-hybridized carbons (Fsp3) is 0.333. The highest BCUT2D eigenvalue weighted by Gasteiger charge is 1.93. The third-order valence-corrected chi connectivity index (χ3v) is 0.413. The highest BCUT2D eigenvalue weighted by Crippen LogP contribution is 1.77. The molecule has 0 aromatic carbocycles. The minimum Gasteiger partial charge on any atom is -0.316 e. The van der Waals surface area contributed by atoms with E-state index in [4.69, 9.17) is 0 Å². The normalized spacial score (nSPS) is 7.62. The monoisotopic (exact) mass is 119 g/mol. The van der Waals surface area contributed by atoms with Crippen molar-refractivity contribution in [3.05, 3.63) is 0 Å². The van der Waals surface area contributed by atoms with Gasteiger partial charge in [-0.15, -0.1) is 0 Å². The van der Waals surface area contributed by atoms with Gasteiger partial charge in [0.1, 0.15) is 0 Å². The number of carbonyl (C=O) groups is 2. The van der Waals surface area contributed by atoms with Crippen LogP contribution in [0.25, 0.3) is 0 Å². The second kappa shape index (κ2) is 4.07. The summed E-state index contributed by atoms with van der Waals surface area (Å²) in [6.45, 7) is 0.0813. The highest BCUT2D eigenvalue weighted by molar-refractivity contribution is 5.46.